The van der Waals surface area contributed by atoms with E-state index in [4.69, 9.17) is 9.88 Å². The molecule has 174 valence electrons. The Labute approximate surface area is 183 Å². The number of methoxy groups -OCH3 is 1. The Morgan fingerprint density at radius 3 is 1.87 bits per heavy atom. The maximum atomic E-state index is 11.9. The number of anilines is 1. The third-order valence-electron chi connectivity index (χ3n) is 4.03. The van der Waals surface area contributed by atoms with Crippen LogP contribution in [0.2, 0.25) is 0 Å². The molecule has 0 heterocycles. The number of sulfonamides is 1. The zero-order valence-electron chi connectivity index (χ0n) is 19.6. The number of unbranched alkanes of at least 4 members (excludes halogenated alkanes) is 2. The van der Waals surface area contributed by atoms with Gasteiger partial charge in [0.05, 0.1) is 18.4 Å². The van der Waals surface area contributed by atoms with E-state index >= 15 is 0 Å². The average Bonchev–Trinajstić information content (AvgIpc) is 2.73. The normalized spacial score (nSPS) is 10.5. The van der Waals surface area contributed by atoms with Crippen molar-refractivity contribution in [2.45, 2.75) is 72.1 Å². The van der Waals surface area contributed by atoms with Gasteiger partial charge in [-0.25, -0.2) is 18.4 Å². The fourth-order valence-corrected chi connectivity index (χ4v) is 3.15. The van der Waals surface area contributed by atoms with Crippen LogP contribution in [-0.4, -0.2) is 39.7 Å². The SMILES string of the molecule is C/C=C\C.CC.CCCCN(CCCC)c1cc(C(=O)O)cc(S(N)(=O)=O)c1OC. The molecule has 0 aliphatic rings. The molecule has 0 amide bonds. The summed E-state index contributed by atoms with van der Waals surface area (Å²) in [6.45, 7) is 13.5. The lowest BCUT2D eigenvalue weighted by atomic mass is 10.1. The molecule has 7 nitrogen and oxygen atoms in total. The van der Waals surface area contributed by atoms with E-state index in [-0.39, 0.29) is 16.2 Å². The molecule has 0 radical (unpaired) electrons. The molecule has 8 heteroatoms. The third-order valence-corrected chi connectivity index (χ3v) is 4.95. The number of nitrogens with two attached hydrogens (primary N) is 1. The number of allylic oxidation sites excluding steroid dienone is 2. The second-order valence-electron chi connectivity index (χ2n) is 6.24. The van der Waals surface area contributed by atoms with Crippen LogP contribution in [0, 0.1) is 0 Å². The van der Waals surface area contributed by atoms with Gasteiger partial charge in [-0.1, -0.05) is 52.7 Å². The standard InChI is InChI=1S/C16H26N2O5S.C4H8.C2H6/c1-4-6-8-18(9-7-5-2)13-10-12(16(19)20)11-14(15(13)23-3)24(17,21)22;1-3-4-2;1-2/h10-11H,4-9H2,1-3H3,(H,19,20)(H2,17,21,22);3-4H,1-2H3;1-2H3/b;4-3-;. The lowest BCUT2D eigenvalue weighted by Gasteiger charge is -2.27. The first-order valence-corrected chi connectivity index (χ1v) is 12.0. The highest BCUT2D eigenvalue weighted by Crippen LogP contribution is 2.36. The zero-order valence-corrected chi connectivity index (χ0v) is 20.4. The maximum absolute atomic E-state index is 11.9. The van der Waals surface area contributed by atoms with Crippen LogP contribution in [-0.2, 0) is 10.0 Å². The molecule has 0 spiro atoms. The largest absolute Gasteiger partial charge is 0.493 e. The van der Waals surface area contributed by atoms with E-state index in [1.807, 2.05) is 44.7 Å². The number of hydrogen-bond acceptors (Lipinski definition) is 5. The van der Waals surface area contributed by atoms with Gasteiger partial charge in [0, 0.05) is 13.1 Å². The lowest BCUT2D eigenvalue weighted by Crippen LogP contribution is -2.27. The van der Waals surface area contributed by atoms with Crippen LogP contribution in [0.1, 0.15) is 77.6 Å². The Hall–Kier alpha value is -2.06. The maximum Gasteiger partial charge on any atom is 0.335 e. The fraction of sp³-hybridized carbons (Fsp3) is 0.591. The quantitative estimate of drug-likeness (QED) is 0.488. The van der Waals surface area contributed by atoms with Crippen LogP contribution in [0.4, 0.5) is 5.69 Å². The Bertz CT molecular complexity index is 734. The number of hydrogen-bond donors (Lipinski definition) is 2. The summed E-state index contributed by atoms with van der Waals surface area (Å²) >= 11 is 0. The second-order valence-corrected chi connectivity index (χ2v) is 7.77. The fourth-order valence-electron chi connectivity index (χ4n) is 2.41. The van der Waals surface area contributed by atoms with Crippen molar-refractivity contribution in [2.24, 2.45) is 5.14 Å². The van der Waals surface area contributed by atoms with Gasteiger partial charge in [-0.2, -0.15) is 0 Å². The molecule has 1 aromatic rings. The van der Waals surface area contributed by atoms with Crippen LogP contribution in [0.5, 0.6) is 5.75 Å². The summed E-state index contributed by atoms with van der Waals surface area (Å²) < 4.78 is 29.0. The van der Waals surface area contributed by atoms with Gasteiger partial charge in [-0.3, -0.25) is 0 Å². The van der Waals surface area contributed by atoms with Crippen molar-refractivity contribution in [3.8, 4) is 5.75 Å². The van der Waals surface area contributed by atoms with E-state index in [0.29, 0.717) is 18.8 Å². The summed E-state index contributed by atoms with van der Waals surface area (Å²) in [5.74, 6) is -1.12. The predicted octanol–water partition coefficient (Wildman–Crippen LogP) is 5.06. The predicted molar refractivity (Wildman–Crippen MR) is 125 cm³/mol. The van der Waals surface area contributed by atoms with Gasteiger partial charge in [0.25, 0.3) is 0 Å². The Morgan fingerprint density at radius 2 is 1.57 bits per heavy atom. The highest BCUT2D eigenvalue weighted by molar-refractivity contribution is 7.89. The zero-order chi connectivity index (χ0) is 23.7. The topological polar surface area (TPSA) is 110 Å². The van der Waals surface area contributed by atoms with Gasteiger partial charge in [-0.05, 0) is 38.8 Å². The second kappa shape index (κ2) is 16.7. The van der Waals surface area contributed by atoms with E-state index in [2.05, 4.69) is 13.8 Å². The molecule has 0 unspecified atom stereocenters. The van der Waals surface area contributed by atoms with Crippen molar-refractivity contribution in [1.82, 2.24) is 0 Å². The molecule has 0 aliphatic heterocycles. The molecular formula is C22H40N2O5S. The molecule has 0 atom stereocenters. The molecule has 0 fully saturated rings. The Kier molecular flexibility index (Phi) is 16.8. The lowest BCUT2D eigenvalue weighted by molar-refractivity contribution is 0.0696. The number of nitrogens with zero attached hydrogens (tertiary/aromatic N) is 1. The number of benzene rings is 1. The average molecular weight is 445 g/mol. The number of primary sulfonamides is 1. The molecule has 1 aromatic carbocycles. The molecule has 3 N–H and O–H groups in total. The smallest absolute Gasteiger partial charge is 0.335 e. The third kappa shape index (κ3) is 10.6. The molecule has 0 saturated heterocycles. The highest BCUT2D eigenvalue weighted by atomic mass is 32.2. The van der Waals surface area contributed by atoms with Crippen LogP contribution < -0.4 is 14.8 Å². The molecule has 0 aromatic heterocycles. The first-order chi connectivity index (χ1) is 14.2. The number of rotatable bonds is 10. The van der Waals surface area contributed by atoms with Crippen molar-refractivity contribution in [3.63, 3.8) is 0 Å². The molecular weight excluding hydrogens is 404 g/mol. The Balaban J connectivity index is 0. The minimum Gasteiger partial charge on any atom is -0.493 e. The minimum absolute atomic E-state index is 0.0923. The van der Waals surface area contributed by atoms with Gasteiger partial charge in [0.15, 0.2) is 5.75 Å². The molecule has 0 bridgehead atoms. The Morgan fingerprint density at radius 1 is 1.10 bits per heavy atom. The van der Waals surface area contributed by atoms with Gasteiger partial charge in [-0.15, -0.1) is 0 Å². The first kappa shape index (κ1) is 30.1. The summed E-state index contributed by atoms with van der Waals surface area (Å²) in [5, 5.41) is 14.6. The molecule has 0 saturated carbocycles. The van der Waals surface area contributed by atoms with Crippen LogP contribution >= 0.6 is 0 Å². The van der Waals surface area contributed by atoms with Crippen molar-refractivity contribution in [3.05, 3.63) is 29.8 Å². The summed E-state index contributed by atoms with van der Waals surface area (Å²) in [6, 6.07) is 2.49. The molecule has 1 rings (SSSR count). The molecule has 0 aliphatic carbocycles. The van der Waals surface area contributed by atoms with Gasteiger partial charge < -0.3 is 14.7 Å². The van der Waals surface area contributed by atoms with E-state index in [1.54, 1.807) is 0 Å². The van der Waals surface area contributed by atoms with Crippen molar-refractivity contribution in [1.29, 1.82) is 0 Å². The highest BCUT2D eigenvalue weighted by Gasteiger charge is 2.24. The van der Waals surface area contributed by atoms with E-state index in [1.165, 1.54) is 13.2 Å². The van der Waals surface area contributed by atoms with Crippen molar-refractivity contribution >= 4 is 21.7 Å². The van der Waals surface area contributed by atoms with Gasteiger partial charge in [0.1, 0.15) is 4.90 Å². The van der Waals surface area contributed by atoms with Crippen LogP contribution in [0.25, 0.3) is 0 Å². The number of carbonyl (C=O) groups is 1. The van der Waals surface area contributed by atoms with E-state index in [9.17, 15) is 18.3 Å². The van der Waals surface area contributed by atoms with Gasteiger partial charge in [0.2, 0.25) is 10.0 Å². The number of ether oxygens (including phenoxy) is 1. The summed E-state index contributed by atoms with van der Waals surface area (Å²) in [7, 11) is -2.76. The van der Waals surface area contributed by atoms with Gasteiger partial charge >= 0.3 is 5.97 Å². The van der Waals surface area contributed by atoms with E-state index < -0.39 is 16.0 Å². The van der Waals surface area contributed by atoms with Crippen LogP contribution in [0.15, 0.2) is 29.2 Å². The first-order valence-electron chi connectivity index (χ1n) is 10.5. The van der Waals surface area contributed by atoms with Crippen LogP contribution in [0.3, 0.4) is 0 Å². The summed E-state index contributed by atoms with van der Waals surface area (Å²) in [5.41, 5.74) is 0.316. The molecule has 30 heavy (non-hydrogen) atoms. The summed E-state index contributed by atoms with van der Waals surface area (Å²) in [6.07, 6.45) is 7.72. The minimum atomic E-state index is -4.11. The van der Waals surface area contributed by atoms with E-state index in [0.717, 1.165) is 31.7 Å². The summed E-state index contributed by atoms with van der Waals surface area (Å²) in [4.78, 5) is 13.0. The number of aromatic carboxylic acids is 1. The monoisotopic (exact) mass is 444 g/mol. The van der Waals surface area contributed by atoms with Crippen molar-refractivity contribution in [2.75, 3.05) is 25.1 Å². The number of carboxylic acids is 1. The number of carboxylic acid groups (broad SMARTS) is 1. The van der Waals surface area contributed by atoms with Crippen molar-refractivity contribution < 1.29 is 23.1 Å².